The minimum absolute atomic E-state index is 0.0284. The van der Waals surface area contributed by atoms with E-state index < -0.39 is 11.8 Å². The van der Waals surface area contributed by atoms with E-state index in [1.54, 1.807) is 24.8 Å². The van der Waals surface area contributed by atoms with Gasteiger partial charge in [0.25, 0.3) is 0 Å². The molecule has 0 N–H and O–H groups in total. The molecule has 0 saturated heterocycles. The normalized spacial score (nSPS) is 14.1. The number of fused-ring (bicyclic) bond motifs is 6. The monoisotopic (exact) mass is 674 g/mol. The predicted molar refractivity (Wildman–Crippen MR) is 134 cm³/mol. The largest absolute Gasteiger partial charge is 0.297 e. The SMILES string of the molecule is O=C(C1c2ncc(Br)cc2-c2cc(Br)cnc21)C1c2ncc(Br)cc2-c2cc(Br)cnc21. The molecule has 0 amide bonds. The quantitative estimate of drug-likeness (QED) is 0.233. The van der Waals surface area contributed by atoms with Crippen LogP contribution in [0.1, 0.15) is 34.6 Å². The lowest BCUT2D eigenvalue weighted by molar-refractivity contribution is -0.120. The van der Waals surface area contributed by atoms with E-state index in [9.17, 15) is 4.79 Å². The Kier molecular flexibility index (Phi) is 4.94. The van der Waals surface area contributed by atoms with Crippen LogP contribution in [0.3, 0.4) is 0 Å². The molecule has 32 heavy (non-hydrogen) atoms. The summed E-state index contributed by atoms with van der Waals surface area (Å²) in [6, 6.07) is 7.96. The van der Waals surface area contributed by atoms with Crippen molar-refractivity contribution >= 4 is 69.5 Å². The Morgan fingerprint density at radius 3 is 1.03 bits per heavy atom. The zero-order valence-electron chi connectivity index (χ0n) is 16.0. The molecule has 0 atom stereocenters. The number of aromatic nitrogens is 4. The van der Waals surface area contributed by atoms with Gasteiger partial charge in [0.1, 0.15) is 11.8 Å². The molecule has 0 fully saturated rings. The zero-order valence-corrected chi connectivity index (χ0v) is 22.3. The molecule has 0 radical (unpaired) electrons. The van der Waals surface area contributed by atoms with Gasteiger partial charge in [-0.1, -0.05) is 0 Å². The third-order valence-corrected chi connectivity index (χ3v) is 7.52. The van der Waals surface area contributed by atoms with Gasteiger partial charge in [-0.15, -0.1) is 0 Å². The molecule has 4 aromatic rings. The summed E-state index contributed by atoms with van der Waals surface area (Å²) in [6.45, 7) is 0. The minimum Gasteiger partial charge on any atom is -0.297 e. The van der Waals surface area contributed by atoms with Crippen LogP contribution >= 0.6 is 63.7 Å². The van der Waals surface area contributed by atoms with Crippen molar-refractivity contribution < 1.29 is 4.79 Å². The van der Waals surface area contributed by atoms with E-state index in [2.05, 4.69) is 83.7 Å². The van der Waals surface area contributed by atoms with Gasteiger partial charge < -0.3 is 0 Å². The van der Waals surface area contributed by atoms with Gasteiger partial charge in [-0.25, -0.2) is 0 Å². The van der Waals surface area contributed by atoms with Crippen molar-refractivity contribution in [2.24, 2.45) is 0 Å². The molecule has 0 unspecified atom stereocenters. The van der Waals surface area contributed by atoms with Crippen LogP contribution in [0.25, 0.3) is 22.3 Å². The number of ketones is 1. The van der Waals surface area contributed by atoms with Gasteiger partial charge in [0, 0.05) is 64.9 Å². The molecular formula is C23H10Br4N4O. The molecule has 156 valence electrons. The fourth-order valence-electron chi connectivity index (χ4n) is 4.55. The number of nitrogens with zero attached hydrogens (tertiary/aromatic N) is 4. The molecule has 5 nitrogen and oxygen atoms in total. The summed E-state index contributed by atoms with van der Waals surface area (Å²) in [7, 11) is 0. The van der Waals surface area contributed by atoms with Crippen LogP contribution in [0.4, 0.5) is 0 Å². The van der Waals surface area contributed by atoms with Gasteiger partial charge in [0.2, 0.25) is 0 Å². The van der Waals surface area contributed by atoms with E-state index in [1.165, 1.54) is 0 Å². The van der Waals surface area contributed by atoms with Gasteiger partial charge in [-0.05, 0) is 88.0 Å². The Labute approximate surface area is 216 Å². The second-order valence-electron chi connectivity index (χ2n) is 7.61. The number of pyridine rings is 4. The zero-order chi connectivity index (χ0) is 22.1. The van der Waals surface area contributed by atoms with E-state index >= 15 is 0 Å². The average molecular weight is 678 g/mol. The fraction of sp³-hybridized carbons (Fsp3) is 0.0870. The molecule has 0 aliphatic heterocycles. The van der Waals surface area contributed by atoms with Crippen molar-refractivity contribution in [3.63, 3.8) is 0 Å². The number of rotatable bonds is 2. The van der Waals surface area contributed by atoms with Gasteiger partial charge in [-0.3, -0.25) is 24.7 Å². The Hall–Kier alpha value is -1.81. The van der Waals surface area contributed by atoms with Gasteiger partial charge >= 0.3 is 0 Å². The Balaban J connectivity index is 1.57. The number of Topliss-reactive ketones (excluding diaryl/α,β-unsaturated/α-hetero) is 1. The molecule has 0 spiro atoms. The van der Waals surface area contributed by atoms with Crippen LogP contribution in [0, 0.1) is 0 Å². The van der Waals surface area contributed by atoms with Crippen molar-refractivity contribution in [1.82, 2.24) is 19.9 Å². The third-order valence-electron chi connectivity index (χ3n) is 5.78. The molecule has 0 aromatic carbocycles. The first kappa shape index (κ1) is 20.8. The molecule has 0 saturated carbocycles. The van der Waals surface area contributed by atoms with Crippen LogP contribution in [0.2, 0.25) is 0 Å². The average Bonchev–Trinajstić information content (AvgIpc) is 3.25. The Morgan fingerprint density at radius 2 is 0.781 bits per heavy atom. The van der Waals surface area contributed by atoms with E-state index in [0.29, 0.717) is 22.8 Å². The smallest absolute Gasteiger partial charge is 0.163 e. The second-order valence-corrected chi connectivity index (χ2v) is 11.3. The maximum Gasteiger partial charge on any atom is 0.163 e. The summed E-state index contributed by atoms with van der Waals surface area (Å²) >= 11 is 14.0. The van der Waals surface area contributed by atoms with E-state index in [1.807, 2.05) is 24.3 Å². The number of halogens is 4. The van der Waals surface area contributed by atoms with Crippen molar-refractivity contribution in [1.29, 1.82) is 0 Å². The highest BCUT2D eigenvalue weighted by molar-refractivity contribution is 9.11. The maximum absolute atomic E-state index is 14.2. The Bertz CT molecular complexity index is 1260. The molecule has 4 heterocycles. The summed E-state index contributed by atoms with van der Waals surface area (Å²) in [5.41, 5.74) is 6.48. The first-order valence-corrected chi connectivity index (χ1v) is 12.8. The van der Waals surface area contributed by atoms with E-state index in [4.69, 9.17) is 0 Å². The minimum atomic E-state index is -0.596. The molecule has 0 bridgehead atoms. The summed E-state index contributed by atoms with van der Waals surface area (Å²) < 4.78 is 3.41. The summed E-state index contributed by atoms with van der Waals surface area (Å²) in [5, 5.41) is 0. The molecule has 2 aliphatic carbocycles. The van der Waals surface area contributed by atoms with E-state index in [0.717, 1.165) is 40.1 Å². The number of carbonyl (C=O) groups excluding carboxylic acids is 1. The molecule has 6 rings (SSSR count). The van der Waals surface area contributed by atoms with Crippen LogP contribution in [0.15, 0.2) is 66.9 Å². The topological polar surface area (TPSA) is 68.6 Å². The molecule has 9 heteroatoms. The van der Waals surface area contributed by atoms with Gasteiger partial charge in [0.15, 0.2) is 5.78 Å². The van der Waals surface area contributed by atoms with Crippen molar-refractivity contribution in [2.75, 3.05) is 0 Å². The second kappa shape index (κ2) is 7.62. The fourth-order valence-corrected chi connectivity index (χ4v) is 5.87. The van der Waals surface area contributed by atoms with Crippen molar-refractivity contribution in [2.45, 2.75) is 11.8 Å². The molecule has 4 aromatic heterocycles. The first-order chi connectivity index (χ1) is 15.4. The van der Waals surface area contributed by atoms with Crippen molar-refractivity contribution in [3.05, 3.63) is 89.7 Å². The highest BCUT2D eigenvalue weighted by Crippen LogP contribution is 2.51. The predicted octanol–water partition coefficient (Wildman–Crippen LogP) is 6.81. The van der Waals surface area contributed by atoms with Crippen LogP contribution in [-0.2, 0) is 4.79 Å². The lowest BCUT2D eigenvalue weighted by Crippen LogP contribution is -2.22. The molecule has 2 aliphatic rings. The van der Waals surface area contributed by atoms with Gasteiger partial charge in [-0.2, -0.15) is 0 Å². The summed E-state index contributed by atoms with van der Waals surface area (Å²) in [5.74, 6) is -1.22. The van der Waals surface area contributed by atoms with Crippen LogP contribution in [-0.4, -0.2) is 25.7 Å². The highest BCUT2D eigenvalue weighted by Gasteiger charge is 2.45. The summed E-state index contributed by atoms with van der Waals surface area (Å²) in [4.78, 5) is 32.8. The summed E-state index contributed by atoms with van der Waals surface area (Å²) in [6.07, 6.45) is 6.89. The third kappa shape index (κ3) is 3.09. The number of hydrogen-bond acceptors (Lipinski definition) is 5. The highest BCUT2D eigenvalue weighted by atomic mass is 79.9. The maximum atomic E-state index is 14.2. The standard InChI is InChI=1S/C23H10Br4N4O/c24-9-1-13-14-2-10(25)6-29-20(14)17(19(13)28-5-9)23(32)18-21-15(3-11(26)7-30-21)16-4-12(27)8-31-22(16)18/h1-8,17-18H. The van der Waals surface area contributed by atoms with E-state index in [-0.39, 0.29) is 5.78 Å². The lowest BCUT2D eigenvalue weighted by Gasteiger charge is -2.17. The Morgan fingerprint density at radius 1 is 0.531 bits per heavy atom. The van der Waals surface area contributed by atoms with Crippen LogP contribution in [0.5, 0.6) is 0 Å². The lowest BCUT2D eigenvalue weighted by atomic mass is 9.87. The van der Waals surface area contributed by atoms with Gasteiger partial charge in [0.05, 0.1) is 22.8 Å². The number of hydrogen-bond donors (Lipinski definition) is 0. The first-order valence-electron chi connectivity index (χ1n) is 9.58. The molecular weight excluding hydrogens is 668 g/mol. The van der Waals surface area contributed by atoms with Crippen molar-refractivity contribution in [3.8, 4) is 22.3 Å². The number of carbonyl (C=O) groups is 1. The van der Waals surface area contributed by atoms with Crippen LogP contribution < -0.4 is 0 Å².